The molecule has 3 heterocycles. The second kappa shape index (κ2) is 14.2. The van der Waals surface area contributed by atoms with Gasteiger partial charge in [0, 0.05) is 18.0 Å². The third-order valence-electron chi connectivity index (χ3n) is 7.08. The van der Waals surface area contributed by atoms with Crippen molar-refractivity contribution in [1.82, 2.24) is 24.7 Å². The number of benzene rings is 1. The molecule has 1 aliphatic rings. The van der Waals surface area contributed by atoms with Crippen LogP contribution in [0.5, 0.6) is 6.01 Å². The molecule has 7 nitrogen and oxygen atoms in total. The Hall–Kier alpha value is -4.36. The third-order valence-corrected chi connectivity index (χ3v) is 7.08. The molecule has 1 aromatic carbocycles. The Morgan fingerprint density at radius 2 is 1.69 bits per heavy atom. The van der Waals surface area contributed by atoms with Crippen LogP contribution in [0, 0.1) is 19.7 Å². The van der Waals surface area contributed by atoms with Gasteiger partial charge in [-0.15, -0.1) is 0 Å². The lowest BCUT2D eigenvalue weighted by Crippen LogP contribution is -2.30. The SMILES string of the molecule is Cc1cccc(F)c1.Cc1cnc(OCC(F)(F)F)nc1-c1cc(C2CCCCC2)c(=O)n(Cc2ncccc2C(F)(F)F)n1. The smallest absolute Gasteiger partial charge is 0.422 e. The third kappa shape index (κ3) is 9.32. The number of pyridine rings is 1. The molecule has 0 N–H and O–H groups in total. The number of hydrogen-bond donors (Lipinski definition) is 0. The van der Waals surface area contributed by atoms with Crippen molar-refractivity contribution in [3.63, 3.8) is 0 Å². The van der Waals surface area contributed by atoms with Crippen LogP contribution in [-0.2, 0) is 12.7 Å². The average molecular weight is 638 g/mol. The number of aryl methyl sites for hydroxylation is 2. The van der Waals surface area contributed by atoms with Gasteiger partial charge in [0.2, 0.25) is 0 Å². The number of nitrogens with zero attached hydrogens (tertiary/aromatic N) is 5. The first-order valence-electron chi connectivity index (χ1n) is 14.1. The summed E-state index contributed by atoms with van der Waals surface area (Å²) in [6.45, 7) is 1.31. The standard InChI is InChI=1S/C24H23F6N5O2.C7H7F/c1-14-11-32-22(37-13-23(25,26)27)33-20(14)18-10-16(15-6-3-2-4-7-15)21(36)35(34-18)12-19-17(24(28,29)30)8-5-9-31-19;1-6-3-2-4-7(8)5-6/h5,8-11,15H,2-4,6-7,12-13H2,1H3;2-5H,1H3. The van der Waals surface area contributed by atoms with E-state index in [0.717, 1.165) is 54.5 Å². The minimum absolute atomic E-state index is 0.107. The lowest BCUT2D eigenvalue weighted by atomic mass is 9.84. The molecular weight excluding hydrogens is 607 g/mol. The van der Waals surface area contributed by atoms with Gasteiger partial charge in [0.25, 0.3) is 5.56 Å². The molecule has 0 atom stereocenters. The first-order chi connectivity index (χ1) is 21.2. The van der Waals surface area contributed by atoms with Gasteiger partial charge in [-0.3, -0.25) is 9.78 Å². The Morgan fingerprint density at radius 1 is 0.956 bits per heavy atom. The van der Waals surface area contributed by atoms with Crippen molar-refractivity contribution in [1.29, 1.82) is 0 Å². The molecule has 0 saturated heterocycles. The van der Waals surface area contributed by atoms with Crippen LogP contribution >= 0.6 is 0 Å². The number of rotatable bonds is 6. The maximum atomic E-state index is 13.6. The molecule has 0 amide bonds. The lowest BCUT2D eigenvalue weighted by Gasteiger charge is -2.23. The van der Waals surface area contributed by atoms with Crippen LogP contribution in [0.25, 0.3) is 11.4 Å². The number of halogens is 7. The zero-order valence-electron chi connectivity index (χ0n) is 24.4. The van der Waals surface area contributed by atoms with Gasteiger partial charge in [-0.1, -0.05) is 31.4 Å². The number of ether oxygens (including phenoxy) is 1. The van der Waals surface area contributed by atoms with E-state index in [1.807, 2.05) is 13.0 Å². The zero-order chi connectivity index (χ0) is 32.8. The van der Waals surface area contributed by atoms with Gasteiger partial charge >= 0.3 is 18.4 Å². The van der Waals surface area contributed by atoms with Crippen molar-refractivity contribution in [2.75, 3.05) is 6.61 Å². The van der Waals surface area contributed by atoms with Crippen molar-refractivity contribution in [2.45, 2.75) is 70.8 Å². The number of alkyl halides is 6. The molecule has 1 saturated carbocycles. The number of hydrogen-bond acceptors (Lipinski definition) is 6. The minimum atomic E-state index is -4.69. The van der Waals surface area contributed by atoms with E-state index in [1.165, 1.54) is 30.6 Å². The Balaban J connectivity index is 0.000000501. The second-order valence-electron chi connectivity index (χ2n) is 10.7. The van der Waals surface area contributed by atoms with Gasteiger partial charge in [0.1, 0.15) is 17.2 Å². The summed E-state index contributed by atoms with van der Waals surface area (Å²) in [5, 5.41) is 4.26. The summed E-state index contributed by atoms with van der Waals surface area (Å²) in [5.74, 6) is -0.298. The van der Waals surface area contributed by atoms with E-state index in [2.05, 4.69) is 24.8 Å². The molecule has 1 fully saturated rings. The predicted octanol–water partition coefficient (Wildman–Crippen LogP) is 7.59. The topological polar surface area (TPSA) is 82.8 Å². The molecular formula is C31H30F7N5O2. The molecule has 45 heavy (non-hydrogen) atoms. The highest BCUT2D eigenvalue weighted by molar-refractivity contribution is 5.58. The first-order valence-corrected chi connectivity index (χ1v) is 14.1. The van der Waals surface area contributed by atoms with Crippen molar-refractivity contribution in [2.24, 2.45) is 0 Å². The van der Waals surface area contributed by atoms with E-state index in [9.17, 15) is 35.5 Å². The van der Waals surface area contributed by atoms with Gasteiger partial charge in [-0.25, -0.2) is 14.1 Å². The summed E-state index contributed by atoms with van der Waals surface area (Å²) in [4.78, 5) is 25.0. The highest BCUT2D eigenvalue weighted by atomic mass is 19.4. The van der Waals surface area contributed by atoms with E-state index in [-0.39, 0.29) is 28.8 Å². The normalized spacial score (nSPS) is 14.1. The fourth-order valence-corrected chi connectivity index (χ4v) is 4.96. The quantitative estimate of drug-likeness (QED) is 0.203. The van der Waals surface area contributed by atoms with Gasteiger partial charge in [-0.2, -0.15) is 36.4 Å². The van der Waals surface area contributed by atoms with Crippen LogP contribution in [0.3, 0.4) is 0 Å². The zero-order valence-corrected chi connectivity index (χ0v) is 24.4. The molecule has 4 aromatic rings. The van der Waals surface area contributed by atoms with E-state index >= 15 is 0 Å². The minimum Gasteiger partial charge on any atom is -0.454 e. The summed E-state index contributed by atoms with van der Waals surface area (Å²) in [5.41, 5.74) is 0.0564. The molecule has 1 aliphatic carbocycles. The second-order valence-corrected chi connectivity index (χ2v) is 10.7. The van der Waals surface area contributed by atoms with Gasteiger partial charge in [0.15, 0.2) is 6.61 Å². The molecule has 5 rings (SSSR count). The van der Waals surface area contributed by atoms with E-state index in [0.29, 0.717) is 11.1 Å². The van der Waals surface area contributed by atoms with E-state index in [1.54, 1.807) is 13.0 Å². The van der Waals surface area contributed by atoms with Gasteiger partial charge in [-0.05, 0) is 74.1 Å². The Kier molecular flexibility index (Phi) is 10.6. The van der Waals surface area contributed by atoms with Crippen LogP contribution in [-0.4, -0.2) is 37.5 Å². The van der Waals surface area contributed by atoms with Crippen LogP contribution in [0.15, 0.2) is 59.7 Å². The van der Waals surface area contributed by atoms with Crippen LogP contribution in [0.4, 0.5) is 30.7 Å². The van der Waals surface area contributed by atoms with Crippen LogP contribution in [0.2, 0.25) is 0 Å². The van der Waals surface area contributed by atoms with E-state index in [4.69, 9.17) is 0 Å². The molecule has 0 unspecified atom stereocenters. The molecule has 3 aromatic heterocycles. The summed E-state index contributed by atoms with van der Waals surface area (Å²) in [6, 6.07) is 9.50. The van der Waals surface area contributed by atoms with Gasteiger partial charge < -0.3 is 4.74 Å². The van der Waals surface area contributed by atoms with E-state index < -0.39 is 42.6 Å². The molecule has 0 radical (unpaired) electrons. The highest BCUT2D eigenvalue weighted by Gasteiger charge is 2.34. The van der Waals surface area contributed by atoms with Crippen LogP contribution in [0.1, 0.15) is 66.0 Å². The Bertz CT molecular complexity index is 1650. The number of aromatic nitrogens is 5. The largest absolute Gasteiger partial charge is 0.454 e. The monoisotopic (exact) mass is 637 g/mol. The Labute approximate surface area is 254 Å². The summed E-state index contributed by atoms with van der Waals surface area (Å²) < 4.78 is 96.2. The predicted molar refractivity (Wildman–Crippen MR) is 151 cm³/mol. The fraction of sp³-hybridized carbons (Fsp3) is 0.387. The van der Waals surface area contributed by atoms with Crippen molar-refractivity contribution < 1.29 is 35.5 Å². The maximum Gasteiger partial charge on any atom is 0.422 e. The molecule has 0 aliphatic heterocycles. The summed E-state index contributed by atoms with van der Waals surface area (Å²) in [7, 11) is 0. The molecule has 240 valence electrons. The average Bonchev–Trinajstić information content (AvgIpc) is 2.98. The highest BCUT2D eigenvalue weighted by Crippen LogP contribution is 2.34. The first kappa shape index (κ1) is 33.5. The van der Waals surface area contributed by atoms with Crippen LogP contribution < -0.4 is 10.3 Å². The molecule has 14 heteroatoms. The Morgan fingerprint density at radius 3 is 2.31 bits per heavy atom. The van der Waals surface area contributed by atoms with Gasteiger partial charge in [0.05, 0.1) is 17.8 Å². The molecule has 0 spiro atoms. The molecule has 0 bridgehead atoms. The lowest BCUT2D eigenvalue weighted by molar-refractivity contribution is -0.154. The van der Waals surface area contributed by atoms with Crippen molar-refractivity contribution in [3.8, 4) is 17.4 Å². The van der Waals surface area contributed by atoms with Crippen molar-refractivity contribution >= 4 is 0 Å². The van der Waals surface area contributed by atoms with Crippen molar-refractivity contribution in [3.05, 3.63) is 99.0 Å². The summed E-state index contributed by atoms with van der Waals surface area (Å²) in [6.07, 6.45) is -2.61. The maximum absolute atomic E-state index is 13.6. The fourth-order valence-electron chi connectivity index (χ4n) is 4.96. The summed E-state index contributed by atoms with van der Waals surface area (Å²) >= 11 is 0.